The van der Waals surface area contributed by atoms with Crippen LogP contribution in [0.25, 0.3) is 0 Å². The molecule has 0 aliphatic rings. The Morgan fingerprint density at radius 1 is 1.30 bits per heavy atom. The van der Waals surface area contributed by atoms with Gasteiger partial charge in [-0.15, -0.1) is 0 Å². The number of aliphatic hydroxyl groups is 1. The molecule has 5 heteroatoms. The fraction of sp³-hybridized carbons (Fsp3) is 0.389. The molecule has 23 heavy (non-hydrogen) atoms. The Balaban J connectivity index is 2.06. The van der Waals surface area contributed by atoms with Crippen LogP contribution in [0.3, 0.4) is 0 Å². The predicted octanol–water partition coefficient (Wildman–Crippen LogP) is 2.93. The van der Waals surface area contributed by atoms with Crippen molar-refractivity contribution in [3.05, 3.63) is 53.0 Å². The maximum absolute atomic E-state index is 12.3. The van der Waals surface area contributed by atoms with Gasteiger partial charge in [-0.05, 0) is 57.5 Å². The molecule has 0 radical (unpaired) electrons. The number of benzene rings is 1. The van der Waals surface area contributed by atoms with E-state index in [1.165, 1.54) is 0 Å². The molecule has 1 atom stereocenters. The van der Waals surface area contributed by atoms with E-state index in [2.05, 4.69) is 5.32 Å². The molecule has 0 saturated carbocycles. The molecule has 0 aliphatic heterocycles. The summed E-state index contributed by atoms with van der Waals surface area (Å²) >= 11 is 0. The number of carbonyl (C=O) groups excluding carboxylic acids is 1. The standard InChI is InChI=1S/C18H23NO4/c1-5-22-15-10-14(8-6-12(15)2)17(20)19-11-18(4,21)16-9-7-13(3)23-16/h6-10,21H,5,11H2,1-4H3,(H,19,20). The second-order valence-corrected chi connectivity index (χ2v) is 5.78. The van der Waals surface area contributed by atoms with Gasteiger partial charge in [0.15, 0.2) is 0 Å². The summed E-state index contributed by atoms with van der Waals surface area (Å²) in [4.78, 5) is 12.3. The van der Waals surface area contributed by atoms with Crippen molar-refractivity contribution in [3.8, 4) is 5.75 Å². The van der Waals surface area contributed by atoms with Crippen molar-refractivity contribution in [2.24, 2.45) is 0 Å². The van der Waals surface area contributed by atoms with Crippen LogP contribution < -0.4 is 10.1 Å². The van der Waals surface area contributed by atoms with Gasteiger partial charge in [0.2, 0.25) is 0 Å². The molecule has 0 fully saturated rings. The van der Waals surface area contributed by atoms with Gasteiger partial charge in [0.1, 0.15) is 22.9 Å². The van der Waals surface area contributed by atoms with Crippen molar-refractivity contribution in [3.63, 3.8) is 0 Å². The lowest BCUT2D eigenvalue weighted by atomic mass is 10.0. The number of hydrogen-bond donors (Lipinski definition) is 2. The first-order chi connectivity index (χ1) is 10.8. The Hall–Kier alpha value is -2.27. The molecule has 2 N–H and O–H groups in total. The zero-order chi connectivity index (χ0) is 17.0. The maximum atomic E-state index is 12.3. The topological polar surface area (TPSA) is 71.7 Å². The first kappa shape index (κ1) is 17.1. The maximum Gasteiger partial charge on any atom is 0.251 e. The average molecular weight is 317 g/mol. The third-order valence-electron chi connectivity index (χ3n) is 3.61. The van der Waals surface area contributed by atoms with Crippen LogP contribution in [0.2, 0.25) is 0 Å². The van der Waals surface area contributed by atoms with Gasteiger partial charge in [-0.2, -0.15) is 0 Å². The first-order valence-corrected chi connectivity index (χ1v) is 7.64. The Bertz CT molecular complexity index is 688. The summed E-state index contributed by atoms with van der Waals surface area (Å²) in [6, 6.07) is 8.77. The molecule has 1 heterocycles. The van der Waals surface area contributed by atoms with Gasteiger partial charge in [0.05, 0.1) is 13.2 Å². The van der Waals surface area contributed by atoms with Crippen LogP contribution in [0.1, 0.15) is 41.3 Å². The van der Waals surface area contributed by atoms with E-state index in [0.717, 1.165) is 5.56 Å². The van der Waals surface area contributed by atoms with Crippen LogP contribution in [0.5, 0.6) is 5.75 Å². The first-order valence-electron chi connectivity index (χ1n) is 7.64. The van der Waals surface area contributed by atoms with Crippen molar-refractivity contribution in [2.45, 2.75) is 33.3 Å². The van der Waals surface area contributed by atoms with E-state index in [-0.39, 0.29) is 12.5 Å². The molecular weight excluding hydrogens is 294 g/mol. The van der Waals surface area contributed by atoms with Crippen LogP contribution in [-0.4, -0.2) is 24.2 Å². The quantitative estimate of drug-likeness (QED) is 0.859. The number of amides is 1. The Morgan fingerprint density at radius 2 is 2.04 bits per heavy atom. The van der Waals surface area contributed by atoms with E-state index in [0.29, 0.717) is 29.4 Å². The zero-order valence-corrected chi connectivity index (χ0v) is 14.0. The van der Waals surface area contributed by atoms with Crippen molar-refractivity contribution in [1.82, 2.24) is 5.32 Å². The zero-order valence-electron chi connectivity index (χ0n) is 14.0. The van der Waals surface area contributed by atoms with Gasteiger partial charge in [0.25, 0.3) is 5.91 Å². The third-order valence-corrected chi connectivity index (χ3v) is 3.61. The Kier molecular flexibility index (Phi) is 5.11. The van der Waals surface area contributed by atoms with Gasteiger partial charge >= 0.3 is 0 Å². The largest absolute Gasteiger partial charge is 0.494 e. The monoisotopic (exact) mass is 317 g/mol. The summed E-state index contributed by atoms with van der Waals surface area (Å²) in [6.07, 6.45) is 0. The number of rotatable bonds is 6. The number of aryl methyl sites for hydroxylation is 2. The molecule has 2 rings (SSSR count). The second-order valence-electron chi connectivity index (χ2n) is 5.78. The number of furan rings is 1. The lowest BCUT2D eigenvalue weighted by Crippen LogP contribution is -2.38. The number of hydrogen-bond acceptors (Lipinski definition) is 4. The smallest absolute Gasteiger partial charge is 0.251 e. The second kappa shape index (κ2) is 6.87. The molecular formula is C18H23NO4. The van der Waals surface area contributed by atoms with Crippen LogP contribution in [0.15, 0.2) is 34.7 Å². The fourth-order valence-corrected chi connectivity index (χ4v) is 2.22. The molecule has 0 aliphatic carbocycles. The van der Waals surface area contributed by atoms with E-state index >= 15 is 0 Å². The highest BCUT2D eigenvalue weighted by atomic mass is 16.5. The van der Waals surface area contributed by atoms with E-state index in [1.54, 1.807) is 38.1 Å². The van der Waals surface area contributed by atoms with E-state index in [4.69, 9.17) is 9.15 Å². The molecule has 2 aromatic rings. The van der Waals surface area contributed by atoms with Crippen molar-refractivity contribution in [2.75, 3.05) is 13.2 Å². The van der Waals surface area contributed by atoms with Crippen molar-refractivity contribution >= 4 is 5.91 Å². The summed E-state index contributed by atoms with van der Waals surface area (Å²) in [7, 11) is 0. The van der Waals surface area contributed by atoms with E-state index < -0.39 is 5.60 Å². The normalized spacial score (nSPS) is 13.4. The van der Waals surface area contributed by atoms with Crippen molar-refractivity contribution < 1.29 is 19.1 Å². The third kappa shape index (κ3) is 4.13. The molecule has 1 unspecified atom stereocenters. The van der Waals surface area contributed by atoms with Crippen LogP contribution >= 0.6 is 0 Å². The summed E-state index contributed by atoms with van der Waals surface area (Å²) in [5.41, 5.74) is 0.198. The minimum atomic E-state index is -1.27. The number of nitrogens with one attached hydrogen (secondary N) is 1. The molecule has 1 aromatic heterocycles. The SMILES string of the molecule is CCOc1cc(C(=O)NCC(C)(O)c2ccc(C)o2)ccc1C. The number of carbonyl (C=O) groups is 1. The molecule has 0 saturated heterocycles. The van der Waals surface area contributed by atoms with Crippen LogP contribution in [0, 0.1) is 13.8 Å². The lowest BCUT2D eigenvalue weighted by molar-refractivity contribution is 0.0323. The molecule has 0 bridgehead atoms. The molecule has 1 aromatic carbocycles. The average Bonchev–Trinajstić information content (AvgIpc) is 2.95. The highest BCUT2D eigenvalue weighted by Crippen LogP contribution is 2.23. The fourth-order valence-electron chi connectivity index (χ4n) is 2.22. The Labute approximate surface area is 136 Å². The van der Waals surface area contributed by atoms with Gasteiger partial charge in [-0.25, -0.2) is 0 Å². The summed E-state index contributed by atoms with van der Waals surface area (Å²) in [6.45, 7) is 7.83. The minimum absolute atomic E-state index is 0.0522. The Morgan fingerprint density at radius 3 is 2.65 bits per heavy atom. The van der Waals surface area contributed by atoms with Crippen LogP contribution in [-0.2, 0) is 5.60 Å². The minimum Gasteiger partial charge on any atom is -0.494 e. The molecule has 0 spiro atoms. The number of ether oxygens (including phenoxy) is 1. The lowest BCUT2D eigenvalue weighted by Gasteiger charge is -2.21. The highest BCUT2D eigenvalue weighted by molar-refractivity contribution is 5.94. The summed E-state index contributed by atoms with van der Waals surface area (Å²) < 4.78 is 10.9. The van der Waals surface area contributed by atoms with E-state index in [9.17, 15) is 9.90 Å². The molecule has 124 valence electrons. The van der Waals surface area contributed by atoms with Gasteiger partial charge in [-0.3, -0.25) is 4.79 Å². The van der Waals surface area contributed by atoms with Gasteiger partial charge < -0.3 is 19.6 Å². The van der Waals surface area contributed by atoms with E-state index in [1.807, 2.05) is 19.9 Å². The summed E-state index contributed by atoms with van der Waals surface area (Å²) in [5.74, 6) is 1.56. The predicted molar refractivity (Wildman–Crippen MR) is 87.7 cm³/mol. The molecule has 5 nitrogen and oxygen atoms in total. The summed E-state index contributed by atoms with van der Waals surface area (Å²) in [5, 5.41) is 13.2. The van der Waals surface area contributed by atoms with Crippen molar-refractivity contribution in [1.29, 1.82) is 0 Å². The molecule has 1 amide bonds. The van der Waals surface area contributed by atoms with Crippen LogP contribution in [0.4, 0.5) is 0 Å². The highest BCUT2D eigenvalue weighted by Gasteiger charge is 2.27. The van der Waals surface area contributed by atoms with Gasteiger partial charge in [-0.1, -0.05) is 6.07 Å². The van der Waals surface area contributed by atoms with Gasteiger partial charge in [0, 0.05) is 5.56 Å².